The van der Waals surface area contributed by atoms with Crippen molar-refractivity contribution < 1.29 is 14.4 Å². The number of nitrogens with one attached hydrogen (secondary N) is 1. The fourth-order valence-electron chi connectivity index (χ4n) is 5.19. The van der Waals surface area contributed by atoms with E-state index in [0.717, 1.165) is 60.9 Å². The van der Waals surface area contributed by atoms with Crippen molar-refractivity contribution >= 4 is 29.1 Å². The fourth-order valence-corrected chi connectivity index (χ4v) is 5.49. The summed E-state index contributed by atoms with van der Waals surface area (Å²) in [5, 5.41) is 15.4. The number of hydrogen-bond acceptors (Lipinski definition) is 2. The lowest BCUT2D eigenvalue weighted by Gasteiger charge is -2.44. The van der Waals surface area contributed by atoms with E-state index in [2.05, 4.69) is 12.4 Å². The maximum atomic E-state index is 12.7. The Morgan fingerprint density at radius 3 is 2.25 bits per heavy atom. The van der Waals surface area contributed by atoms with E-state index in [0.29, 0.717) is 22.2 Å². The molecular weight excluding hydrogens is 491 g/mol. The highest BCUT2D eigenvalue weighted by Crippen LogP contribution is 2.35. The molecule has 3 aromatic rings. The van der Waals surface area contributed by atoms with Crippen molar-refractivity contribution in [2.45, 2.75) is 37.2 Å². The van der Waals surface area contributed by atoms with E-state index in [1.165, 1.54) is 0 Å². The molecule has 0 bridgehead atoms. The number of piperidine rings is 1. The first-order chi connectivity index (χ1) is 17.3. The SMILES string of the molecule is C[N+]1(CCCC(CNC(=O)c2ccccc2)c2ccc(Cl)c(Cl)c2)CCC(O)(c2ccccc2)CC1. The van der Waals surface area contributed by atoms with Gasteiger partial charge in [-0.15, -0.1) is 0 Å². The molecular formula is C30H35Cl2N2O2+. The molecule has 1 aliphatic heterocycles. The van der Waals surface area contributed by atoms with Crippen LogP contribution in [0.1, 0.15) is 53.1 Å². The topological polar surface area (TPSA) is 49.3 Å². The van der Waals surface area contributed by atoms with Crippen LogP contribution in [-0.2, 0) is 5.60 Å². The van der Waals surface area contributed by atoms with Gasteiger partial charge in [0.2, 0.25) is 0 Å². The number of hydrogen-bond donors (Lipinski definition) is 2. The molecule has 4 nitrogen and oxygen atoms in total. The maximum Gasteiger partial charge on any atom is 0.251 e. The highest BCUT2D eigenvalue weighted by atomic mass is 35.5. The highest BCUT2D eigenvalue weighted by molar-refractivity contribution is 6.42. The second-order valence-electron chi connectivity index (χ2n) is 10.3. The molecule has 1 aliphatic rings. The third kappa shape index (κ3) is 6.68. The first-order valence-electron chi connectivity index (χ1n) is 12.7. The normalized spacial score (nSPS) is 22.7. The lowest BCUT2D eigenvalue weighted by molar-refractivity contribution is -0.917. The number of likely N-dealkylation sites (tertiary alicyclic amines) is 1. The number of rotatable bonds is 9. The molecule has 0 aromatic heterocycles. The summed E-state index contributed by atoms with van der Waals surface area (Å²) in [5.41, 5.74) is 2.02. The van der Waals surface area contributed by atoms with Crippen LogP contribution in [0.15, 0.2) is 78.9 Å². The zero-order chi connectivity index (χ0) is 25.6. The molecule has 2 N–H and O–H groups in total. The number of aliphatic hydroxyl groups is 1. The van der Waals surface area contributed by atoms with Crippen LogP contribution in [-0.4, -0.2) is 48.7 Å². The Morgan fingerprint density at radius 1 is 0.972 bits per heavy atom. The van der Waals surface area contributed by atoms with Crippen LogP contribution < -0.4 is 5.32 Å². The average molecular weight is 527 g/mol. The van der Waals surface area contributed by atoms with Crippen molar-refractivity contribution in [1.82, 2.24) is 5.32 Å². The Labute approximate surface area is 224 Å². The van der Waals surface area contributed by atoms with Crippen LogP contribution in [0.4, 0.5) is 0 Å². The largest absolute Gasteiger partial charge is 0.385 e. The summed E-state index contributed by atoms with van der Waals surface area (Å²) in [5.74, 6) is 0.0564. The van der Waals surface area contributed by atoms with Crippen LogP contribution in [0, 0.1) is 0 Å². The summed E-state index contributed by atoms with van der Waals surface area (Å²) in [4.78, 5) is 12.7. The molecule has 36 heavy (non-hydrogen) atoms. The van der Waals surface area contributed by atoms with Gasteiger partial charge in [-0.1, -0.05) is 77.8 Å². The van der Waals surface area contributed by atoms with E-state index in [-0.39, 0.29) is 11.8 Å². The van der Waals surface area contributed by atoms with Gasteiger partial charge in [-0.05, 0) is 48.2 Å². The molecule has 0 saturated carbocycles. The van der Waals surface area contributed by atoms with Gasteiger partial charge in [-0.2, -0.15) is 0 Å². The number of benzene rings is 3. The second-order valence-corrected chi connectivity index (χ2v) is 11.1. The van der Waals surface area contributed by atoms with Crippen LogP contribution in [0.2, 0.25) is 10.0 Å². The quantitative estimate of drug-likeness (QED) is 0.317. The molecule has 3 aromatic carbocycles. The summed E-state index contributed by atoms with van der Waals surface area (Å²) in [6, 6.07) is 25.1. The molecule has 6 heteroatoms. The Hall–Kier alpha value is -2.37. The van der Waals surface area contributed by atoms with Gasteiger partial charge in [0, 0.05) is 30.9 Å². The van der Waals surface area contributed by atoms with Gasteiger partial charge in [0.15, 0.2) is 0 Å². The van der Waals surface area contributed by atoms with Gasteiger partial charge in [-0.3, -0.25) is 4.79 Å². The molecule has 0 spiro atoms. The first-order valence-corrected chi connectivity index (χ1v) is 13.4. The van der Waals surface area contributed by atoms with Crippen LogP contribution in [0.3, 0.4) is 0 Å². The molecule has 1 fully saturated rings. The molecule has 1 saturated heterocycles. The zero-order valence-electron chi connectivity index (χ0n) is 20.8. The van der Waals surface area contributed by atoms with Crippen LogP contribution in [0.5, 0.6) is 0 Å². The van der Waals surface area contributed by atoms with Crippen LogP contribution in [0.25, 0.3) is 0 Å². The van der Waals surface area contributed by atoms with E-state index in [4.69, 9.17) is 23.2 Å². The lowest BCUT2D eigenvalue weighted by atomic mass is 9.83. The summed E-state index contributed by atoms with van der Waals surface area (Å²) >= 11 is 12.5. The van der Waals surface area contributed by atoms with Crippen molar-refractivity contribution in [1.29, 1.82) is 0 Å². The Kier molecular flexibility index (Phi) is 8.74. The molecule has 4 rings (SSSR count). The number of nitrogens with zero attached hydrogens (tertiary/aromatic N) is 1. The fraction of sp³-hybridized carbons (Fsp3) is 0.367. The lowest BCUT2D eigenvalue weighted by Crippen LogP contribution is -2.54. The predicted octanol–water partition coefficient (Wildman–Crippen LogP) is 6.42. The highest BCUT2D eigenvalue weighted by Gasteiger charge is 2.40. The molecule has 1 heterocycles. The number of quaternary nitrogens is 1. The summed E-state index contributed by atoms with van der Waals surface area (Å²) in [6.07, 6.45) is 3.45. The monoisotopic (exact) mass is 525 g/mol. The number of carbonyl (C=O) groups excluding carboxylic acids is 1. The van der Waals surface area contributed by atoms with E-state index in [9.17, 15) is 9.90 Å². The van der Waals surface area contributed by atoms with Crippen molar-refractivity contribution in [3.63, 3.8) is 0 Å². The predicted molar refractivity (Wildman–Crippen MR) is 148 cm³/mol. The molecule has 190 valence electrons. The van der Waals surface area contributed by atoms with Crippen molar-refractivity contribution in [3.8, 4) is 0 Å². The third-order valence-electron chi connectivity index (χ3n) is 7.65. The zero-order valence-corrected chi connectivity index (χ0v) is 22.3. The summed E-state index contributed by atoms with van der Waals surface area (Å²) < 4.78 is 0.944. The molecule has 1 unspecified atom stereocenters. The smallest absolute Gasteiger partial charge is 0.251 e. The third-order valence-corrected chi connectivity index (χ3v) is 8.39. The van der Waals surface area contributed by atoms with Crippen LogP contribution >= 0.6 is 23.2 Å². The van der Waals surface area contributed by atoms with Crippen molar-refractivity contribution in [3.05, 3.63) is 106 Å². The molecule has 0 radical (unpaired) electrons. The van der Waals surface area contributed by atoms with Crippen molar-refractivity contribution in [2.24, 2.45) is 0 Å². The maximum absolute atomic E-state index is 12.7. The Morgan fingerprint density at radius 2 is 1.61 bits per heavy atom. The molecule has 0 aliphatic carbocycles. The van der Waals surface area contributed by atoms with Gasteiger partial charge < -0.3 is 14.9 Å². The number of carbonyl (C=O) groups is 1. The van der Waals surface area contributed by atoms with Crippen molar-refractivity contribution in [2.75, 3.05) is 33.2 Å². The van der Waals surface area contributed by atoms with E-state index < -0.39 is 5.60 Å². The van der Waals surface area contributed by atoms with Gasteiger partial charge in [0.05, 0.1) is 36.7 Å². The first kappa shape index (κ1) is 26.7. The number of amides is 1. The standard InChI is InChI=1S/C30H34Cl2N2O2/c1-34(19-16-30(36,17-20-34)26-12-6-3-7-13-26)18-8-11-25(24-14-15-27(31)28(32)21-24)22-33-29(35)23-9-4-2-5-10-23/h2-7,9-10,12-15,21,25,36H,8,11,16-20,22H2,1H3/p+1. The van der Waals surface area contributed by atoms with E-state index in [1.807, 2.05) is 78.9 Å². The molecule has 1 atom stereocenters. The Balaban J connectivity index is 1.37. The van der Waals surface area contributed by atoms with Gasteiger partial charge in [0.25, 0.3) is 5.91 Å². The number of halogens is 2. The van der Waals surface area contributed by atoms with Gasteiger partial charge in [-0.25, -0.2) is 0 Å². The van der Waals surface area contributed by atoms with Gasteiger partial charge >= 0.3 is 0 Å². The van der Waals surface area contributed by atoms with Gasteiger partial charge in [0.1, 0.15) is 5.60 Å². The van der Waals surface area contributed by atoms with E-state index in [1.54, 1.807) is 0 Å². The summed E-state index contributed by atoms with van der Waals surface area (Å²) in [6.45, 7) is 3.43. The minimum absolute atomic E-state index is 0.0733. The summed E-state index contributed by atoms with van der Waals surface area (Å²) in [7, 11) is 2.29. The second kappa shape index (κ2) is 11.8. The Bertz CT molecular complexity index is 1150. The molecule has 1 amide bonds. The van der Waals surface area contributed by atoms with E-state index >= 15 is 0 Å². The minimum Gasteiger partial charge on any atom is -0.385 e. The minimum atomic E-state index is -0.733. The average Bonchev–Trinajstić information content (AvgIpc) is 2.90.